The van der Waals surface area contributed by atoms with Gasteiger partial charge in [-0.3, -0.25) is 4.79 Å². The highest BCUT2D eigenvalue weighted by Crippen LogP contribution is 2.11. The van der Waals surface area contributed by atoms with E-state index in [-0.39, 0.29) is 18.5 Å². The van der Waals surface area contributed by atoms with E-state index in [4.69, 9.17) is 18.9 Å². The molecule has 0 spiro atoms. The van der Waals surface area contributed by atoms with Crippen molar-refractivity contribution in [1.29, 1.82) is 0 Å². The van der Waals surface area contributed by atoms with Crippen LogP contribution in [0.15, 0.2) is 42.5 Å². The zero-order valence-corrected chi connectivity index (χ0v) is 17.0. The molecule has 0 N–H and O–H groups in total. The van der Waals surface area contributed by atoms with E-state index in [1.165, 1.54) is 0 Å². The van der Waals surface area contributed by atoms with Gasteiger partial charge < -0.3 is 18.9 Å². The fourth-order valence-electron chi connectivity index (χ4n) is 2.33. The second kappa shape index (κ2) is 14.7. The Morgan fingerprint density at radius 1 is 1.04 bits per heavy atom. The summed E-state index contributed by atoms with van der Waals surface area (Å²) in [6.45, 7) is 8.54. The fourth-order valence-corrected chi connectivity index (χ4v) is 2.33. The SMILES string of the molecule is C=C(C)C(=O)OCCCCCCC(=O)OC(COCC)COc1ccccc1. The van der Waals surface area contributed by atoms with Gasteiger partial charge in [0.15, 0.2) is 6.10 Å². The summed E-state index contributed by atoms with van der Waals surface area (Å²) in [6, 6.07) is 9.40. The van der Waals surface area contributed by atoms with Crippen LogP contribution in [0, 0.1) is 0 Å². The Morgan fingerprint density at radius 3 is 2.43 bits per heavy atom. The van der Waals surface area contributed by atoms with Gasteiger partial charge in [0.1, 0.15) is 12.4 Å². The van der Waals surface area contributed by atoms with E-state index in [1.54, 1.807) is 6.92 Å². The van der Waals surface area contributed by atoms with Crippen molar-refractivity contribution in [1.82, 2.24) is 0 Å². The maximum Gasteiger partial charge on any atom is 0.333 e. The third kappa shape index (κ3) is 11.4. The number of hydrogen-bond acceptors (Lipinski definition) is 6. The summed E-state index contributed by atoms with van der Waals surface area (Å²) in [5.74, 6) is 0.115. The number of benzene rings is 1. The Morgan fingerprint density at radius 2 is 1.75 bits per heavy atom. The number of carbonyl (C=O) groups is 2. The lowest BCUT2D eigenvalue weighted by molar-refractivity contribution is -0.154. The van der Waals surface area contributed by atoms with Crippen LogP contribution in [0.5, 0.6) is 5.75 Å². The van der Waals surface area contributed by atoms with Gasteiger partial charge in [0.25, 0.3) is 0 Å². The third-order valence-electron chi connectivity index (χ3n) is 3.84. The molecule has 0 saturated heterocycles. The number of para-hydroxylation sites is 1. The minimum atomic E-state index is -0.436. The Bertz CT molecular complexity index is 584. The molecule has 0 radical (unpaired) electrons. The molecule has 1 aromatic rings. The van der Waals surface area contributed by atoms with E-state index < -0.39 is 6.10 Å². The molecule has 1 rings (SSSR count). The van der Waals surface area contributed by atoms with Crippen LogP contribution in [-0.2, 0) is 23.8 Å². The first-order chi connectivity index (χ1) is 13.5. The summed E-state index contributed by atoms with van der Waals surface area (Å²) in [5.41, 5.74) is 0.403. The molecule has 0 aliphatic heterocycles. The molecule has 0 aromatic heterocycles. The minimum Gasteiger partial charge on any atom is -0.490 e. The van der Waals surface area contributed by atoms with Gasteiger partial charge in [-0.2, -0.15) is 0 Å². The topological polar surface area (TPSA) is 71.1 Å². The highest BCUT2D eigenvalue weighted by molar-refractivity contribution is 5.86. The summed E-state index contributed by atoms with van der Waals surface area (Å²) in [5, 5.41) is 0. The van der Waals surface area contributed by atoms with Gasteiger partial charge in [-0.25, -0.2) is 4.79 Å². The summed E-state index contributed by atoms with van der Waals surface area (Å²) in [4.78, 5) is 23.3. The molecule has 28 heavy (non-hydrogen) atoms. The molecule has 0 heterocycles. The molecule has 0 fully saturated rings. The molecule has 0 saturated carbocycles. The van der Waals surface area contributed by atoms with Gasteiger partial charge in [-0.15, -0.1) is 0 Å². The van der Waals surface area contributed by atoms with Crippen molar-refractivity contribution >= 4 is 11.9 Å². The van der Waals surface area contributed by atoms with Crippen molar-refractivity contribution in [2.75, 3.05) is 26.4 Å². The second-order valence-electron chi connectivity index (χ2n) is 6.48. The molecular weight excluding hydrogens is 360 g/mol. The van der Waals surface area contributed by atoms with Gasteiger partial charge >= 0.3 is 11.9 Å². The number of esters is 2. The fraction of sp³-hybridized carbons (Fsp3) is 0.545. The van der Waals surface area contributed by atoms with Gasteiger partial charge in [0.2, 0.25) is 0 Å². The van der Waals surface area contributed by atoms with Crippen molar-refractivity contribution in [2.45, 2.75) is 52.1 Å². The highest BCUT2D eigenvalue weighted by atomic mass is 16.6. The van der Waals surface area contributed by atoms with Crippen molar-refractivity contribution in [3.05, 3.63) is 42.5 Å². The first-order valence-electron chi connectivity index (χ1n) is 9.80. The van der Waals surface area contributed by atoms with Crippen LogP contribution in [0.4, 0.5) is 0 Å². The van der Waals surface area contributed by atoms with Crippen molar-refractivity contribution in [3.63, 3.8) is 0 Å². The van der Waals surface area contributed by atoms with Crippen LogP contribution in [0.25, 0.3) is 0 Å². The summed E-state index contributed by atoms with van der Waals surface area (Å²) in [7, 11) is 0. The summed E-state index contributed by atoms with van der Waals surface area (Å²) < 4.78 is 21.6. The number of ether oxygens (including phenoxy) is 4. The third-order valence-corrected chi connectivity index (χ3v) is 3.84. The van der Waals surface area contributed by atoms with Gasteiger partial charge in [0, 0.05) is 18.6 Å². The average molecular weight is 392 g/mol. The number of unbranched alkanes of at least 4 members (excludes halogenated alkanes) is 3. The summed E-state index contributed by atoms with van der Waals surface area (Å²) in [6.07, 6.45) is 3.17. The molecule has 1 atom stereocenters. The van der Waals surface area contributed by atoms with Crippen LogP contribution < -0.4 is 4.74 Å². The highest BCUT2D eigenvalue weighted by Gasteiger charge is 2.15. The molecule has 6 nitrogen and oxygen atoms in total. The molecule has 0 amide bonds. The number of rotatable bonds is 15. The first-order valence-corrected chi connectivity index (χ1v) is 9.80. The van der Waals surface area contributed by atoms with E-state index in [0.717, 1.165) is 31.4 Å². The Hall–Kier alpha value is -2.34. The van der Waals surface area contributed by atoms with Crippen molar-refractivity contribution in [2.24, 2.45) is 0 Å². The molecule has 1 aromatic carbocycles. The monoisotopic (exact) mass is 392 g/mol. The van der Waals surface area contributed by atoms with E-state index in [0.29, 0.717) is 31.8 Å². The Labute approximate surface area is 167 Å². The predicted molar refractivity (Wildman–Crippen MR) is 107 cm³/mol. The van der Waals surface area contributed by atoms with Crippen LogP contribution in [0.1, 0.15) is 46.0 Å². The minimum absolute atomic E-state index is 0.254. The standard InChI is InChI=1S/C22H32O6/c1-4-25-16-20(17-27-19-12-8-7-9-13-19)28-21(23)14-10-5-6-11-15-26-22(24)18(2)3/h7-9,12-13,20H,2,4-6,10-11,14-17H2,1,3H3. The summed E-state index contributed by atoms with van der Waals surface area (Å²) >= 11 is 0. The van der Waals surface area contributed by atoms with Crippen molar-refractivity contribution < 1.29 is 28.5 Å². The lowest BCUT2D eigenvalue weighted by Gasteiger charge is -2.18. The molecule has 0 bridgehead atoms. The number of carbonyl (C=O) groups excluding carboxylic acids is 2. The molecule has 6 heteroatoms. The molecular formula is C22H32O6. The zero-order chi connectivity index (χ0) is 20.6. The molecule has 0 aliphatic carbocycles. The largest absolute Gasteiger partial charge is 0.490 e. The van der Waals surface area contributed by atoms with E-state index in [9.17, 15) is 9.59 Å². The maximum atomic E-state index is 12.1. The van der Waals surface area contributed by atoms with Crippen LogP contribution in [0.3, 0.4) is 0 Å². The predicted octanol–water partition coefficient (Wildman–Crippen LogP) is 4.08. The maximum absolute atomic E-state index is 12.1. The van der Waals surface area contributed by atoms with Crippen LogP contribution in [-0.4, -0.2) is 44.5 Å². The van der Waals surface area contributed by atoms with Crippen molar-refractivity contribution in [3.8, 4) is 5.75 Å². The number of hydrogen-bond donors (Lipinski definition) is 0. The quantitative estimate of drug-likeness (QED) is 0.254. The van der Waals surface area contributed by atoms with Gasteiger partial charge in [-0.1, -0.05) is 37.6 Å². The molecule has 156 valence electrons. The van der Waals surface area contributed by atoms with Gasteiger partial charge in [0.05, 0.1) is 13.2 Å². The van der Waals surface area contributed by atoms with Gasteiger partial charge in [-0.05, 0) is 38.8 Å². The normalized spacial score (nSPS) is 11.5. The Balaban J connectivity index is 2.19. The lowest BCUT2D eigenvalue weighted by atomic mass is 10.1. The Kier molecular flexibility index (Phi) is 12.4. The van der Waals surface area contributed by atoms with Crippen LogP contribution in [0.2, 0.25) is 0 Å². The lowest BCUT2D eigenvalue weighted by Crippen LogP contribution is -2.30. The van der Waals surface area contributed by atoms with E-state index in [1.807, 2.05) is 37.3 Å². The van der Waals surface area contributed by atoms with E-state index in [2.05, 4.69) is 6.58 Å². The first kappa shape index (κ1) is 23.7. The molecule has 1 unspecified atom stereocenters. The van der Waals surface area contributed by atoms with E-state index >= 15 is 0 Å². The smallest absolute Gasteiger partial charge is 0.333 e. The second-order valence-corrected chi connectivity index (χ2v) is 6.48. The van der Waals surface area contributed by atoms with Crippen LogP contribution >= 0.6 is 0 Å². The average Bonchev–Trinajstić information content (AvgIpc) is 2.69. The zero-order valence-electron chi connectivity index (χ0n) is 17.0. The molecule has 0 aliphatic rings.